The van der Waals surface area contributed by atoms with E-state index in [2.05, 4.69) is 19.9 Å². The SMILES string of the molecule is COC1CCCC(Oc2nc(N)nc3nc[nH]c23)C1. The van der Waals surface area contributed by atoms with Crippen molar-refractivity contribution in [2.45, 2.75) is 37.9 Å². The molecule has 7 nitrogen and oxygen atoms in total. The lowest BCUT2D eigenvalue weighted by molar-refractivity contribution is 0.0200. The number of aromatic nitrogens is 4. The Morgan fingerprint density at radius 1 is 1.32 bits per heavy atom. The molecule has 1 fully saturated rings. The van der Waals surface area contributed by atoms with Gasteiger partial charge in [0.05, 0.1) is 12.4 Å². The molecule has 7 heteroatoms. The van der Waals surface area contributed by atoms with E-state index in [0.29, 0.717) is 17.0 Å². The van der Waals surface area contributed by atoms with Crippen molar-refractivity contribution in [2.75, 3.05) is 12.8 Å². The van der Waals surface area contributed by atoms with Crippen molar-refractivity contribution >= 4 is 17.1 Å². The van der Waals surface area contributed by atoms with Crippen molar-refractivity contribution in [3.05, 3.63) is 6.33 Å². The fraction of sp³-hybridized carbons (Fsp3) is 0.583. The maximum atomic E-state index is 5.96. The summed E-state index contributed by atoms with van der Waals surface area (Å²) in [6, 6.07) is 0. The van der Waals surface area contributed by atoms with E-state index in [-0.39, 0.29) is 18.2 Å². The largest absolute Gasteiger partial charge is 0.473 e. The predicted octanol–water partition coefficient (Wildman–Crippen LogP) is 1.27. The van der Waals surface area contributed by atoms with Gasteiger partial charge in [-0.05, 0) is 19.3 Å². The molecule has 2 atom stereocenters. The number of nitrogens with two attached hydrogens (primary N) is 1. The fourth-order valence-electron chi connectivity index (χ4n) is 2.49. The van der Waals surface area contributed by atoms with Gasteiger partial charge in [-0.3, -0.25) is 0 Å². The number of aromatic amines is 1. The monoisotopic (exact) mass is 263 g/mol. The lowest BCUT2D eigenvalue weighted by atomic mass is 9.95. The number of nitrogen functional groups attached to an aromatic ring is 1. The summed E-state index contributed by atoms with van der Waals surface area (Å²) in [7, 11) is 1.74. The van der Waals surface area contributed by atoms with Gasteiger partial charge >= 0.3 is 0 Å². The second-order valence-corrected chi connectivity index (χ2v) is 4.75. The number of anilines is 1. The van der Waals surface area contributed by atoms with Gasteiger partial charge in [0.1, 0.15) is 11.6 Å². The summed E-state index contributed by atoms with van der Waals surface area (Å²) >= 11 is 0. The second-order valence-electron chi connectivity index (χ2n) is 4.75. The Morgan fingerprint density at radius 2 is 2.16 bits per heavy atom. The van der Waals surface area contributed by atoms with Crippen molar-refractivity contribution < 1.29 is 9.47 Å². The van der Waals surface area contributed by atoms with Crippen molar-refractivity contribution in [2.24, 2.45) is 0 Å². The average Bonchev–Trinajstić information content (AvgIpc) is 2.87. The fourth-order valence-corrected chi connectivity index (χ4v) is 2.49. The molecule has 1 saturated carbocycles. The molecular weight excluding hydrogens is 246 g/mol. The third-order valence-electron chi connectivity index (χ3n) is 3.46. The summed E-state index contributed by atoms with van der Waals surface area (Å²) in [5.41, 5.74) is 6.88. The van der Waals surface area contributed by atoms with Crippen LogP contribution in [0.15, 0.2) is 6.33 Å². The van der Waals surface area contributed by atoms with E-state index in [1.54, 1.807) is 13.4 Å². The Bertz CT molecular complexity index is 570. The molecule has 1 aliphatic carbocycles. The van der Waals surface area contributed by atoms with Gasteiger partial charge in [-0.1, -0.05) is 0 Å². The standard InChI is InChI=1S/C12H17N5O2/c1-18-7-3-2-4-8(5-7)19-11-9-10(15-6-14-9)16-12(13)17-11/h6-8H,2-5H2,1H3,(H3,13,14,15,16,17). The molecule has 1 aliphatic rings. The van der Waals surface area contributed by atoms with Crippen molar-refractivity contribution in [3.63, 3.8) is 0 Å². The first-order valence-electron chi connectivity index (χ1n) is 6.42. The zero-order valence-electron chi connectivity index (χ0n) is 10.8. The maximum absolute atomic E-state index is 5.96. The molecule has 19 heavy (non-hydrogen) atoms. The van der Waals surface area contributed by atoms with Crippen molar-refractivity contribution in [1.82, 2.24) is 19.9 Å². The van der Waals surface area contributed by atoms with Gasteiger partial charge in [0, 0.05) is 13.5 Å². The molecule has 2 aromatic rings. The van der Waals surface area contributed by atoms with Crippen LogP contribution >= 0.6 is 0 Å². The highest BCUT2D eigenvalue weighted by molar-refractivity contribution is 5.76. The van der Waals surface area contributed by atoms with E-state index in [0.717, 1.165) is 25.7 Å². The number of nitrogens with one attached hydrogen (secondary N) is 1. The summed E-state index contributed by atoms with van der Waals surface area (Å²) < 4.78 is 11.4. The lowest BCUT2D eigenvalue weighted by Crippen LogP contribution is -2.29. The number of H-pyrrole nitrogens is 1. The molecular formula is C12H17N5O2. The van der Waals surface area contributed by atoms with E-state index in [9.17, 15) is 0 Å². The topological polar surface area (TPSA) is 98.9 Å². The molecule has 0 aliphatic heterocycles. The maximum Gasteiger partial charge on any atom is 0.245 e. The number of nitrogens with zero attached hydrogens (tertiary/aromatic N) is 3. The zero-order valence-corrected chi connectivity index (χ0v) is 10.8. The van der Waals surface area contributed by atoms with Crippen LogP contribution in [-0.2, 0) is 4.74 Å². The Balaban J connectivity index is 1.82. The van der Waals surface area contributed by atoms with Crippen molar-refractivity contribution in [3.8, 4) is 5.88 Å². The second kappa shape index (κ2) is 5.00. The number of methoxy groups -OCH3 is 1. The highest BCUT2D eigenvalue weighted by Crippen LogP contribution is 2.27. The third kappa shape index (κ3) is 2.46. The highest BCUT2D eigenvalue weighted by Gasteiger charge is 2.24. The molecule has 2 heterocycles. The normalized spacial score (nSPS) is 23.6. The van der Waals surface area contributed by atoms with E-state index in [1.807, 2.05) is 0 Å². The first-order valence-corrected chi connectivity index (χ1v) is 6.42. The van der Waals surface area contributed by atoms with Crippen LogP contribution in [0.2, 0.25) is 0 Å². The van der Waals surface area contributed by atoms with Gasteiger partial charge < -0.3 is 20.2 Å². The molecule has 3 N–H and O–H groups in total. The van der Waals surface area contributed by atoms with Gasteiger partial charge in [-0.2, -0.15) is 9.97 Å². The molecule has 0 saturated heterocycles. The van der Waals surface area contributed by atoms with Crippen LogP contribution in [0.1, 0.15) is 25.7 Å². The smallest absolute Gasteiger partial charge is 0.245 e. The Kier molecular flexibility index (Phi) is 3.20. The molecule has 0 radical (unpaired) electrons. The van der Waals surface area contributed by atoms with Gasteiger partial charge in [-0.15, -0.1) is 0 Å². The summed E-state index contributed by atoms with van der Waals surface area (Å²) in [6.45, 7) is 0. The van der Waals surface area contributed by atoms with E-state index in [4.69, 9.17) is 15.2 Å². The molecule has 102 valence electrons. The number of ether oxygens (including phenoxy) is 2. The summed E-state index contributed by atoms with van der Waals surface area (Å²) in [6.07, 6.45) is 5.96. The van der Waals surface area contributed by atoms with Crippen LogP contribution in [0, 0.1) is 0 Å². The number of fused-ring (bicyclic) bond motifs is 1. The van der Waals surface area contributed by atoms with Crippen LogP contribution in [-0.4, -0.2) is 39.3 Å². The quantitative estimate of drug-likeness (QED) is 0.865. The van der Waals surface area contributed by atoms with Crippen LogP contribution in [0.3, 0.4) is 0 Å². The number of rotatable bonds is 3. The zero-order chi connectivity index (χ0) is 13.2. The number of imidazole rings is 1. The van der Waals surface area contributed by atoms with Crippen LogP contribution in [0.4, 0.5) is 5.95 Å². The molecule has 0 amide bonds. The molecule has 3 rings (SSSR count). The van der Waals surface area contributed by atoms with Crippen molar-refractivity contribution in [1.29, 1.82) is 0 Å². The molecule has 0 bridgehead atoms. The highest BCUT2D eigenvalue weighted by atomic mass is 16.5. The molecule has 2 unspecified atom stereocenters. The van der Waals surface area contributed by atoms with Gasteiger partial charge in [0.25, 0.3) is 0 Å². The van der Waals surface area contributed by atoms with Gasteiger partial charge in [0.15, 0.2) is 5.65 Å². The Morgan fingerprint density at radius 3 is 3.00 bits per heavy atom. The number of hydrogen-bond acceptors (Lipinski definition) is 6. The first kappa shape index (κ1) is 12.2. The number of hydrogen-bond donors (Lipinski definition) is 2. The van der Waals surface area contributed by atoms with E-state index >= 15 is 0 Å². The van der Waals surface area contributed by atoms with E-state index < -0.39 is 0 Å². The summed E-state index contributed by atoms with van der Waals surface area (Å²) in [5, 5.41) is 0. The Hall–Kier alpha value is -1.89. The molecule has 2 aromatic heterocycles. The summed E-state index contributed by atoms with van der Waals surface area (Å²) in [4.78, 5) is 15.2. The first-order chi connectivity index (χ1) is 9.26. The van der Waals surface area contributed by atoms with Crippen LogP contribution in [0.5, 0.6) is 5.88 Å². The van der Waals surface area contributed by atoms with Crippen LogP contribution < -0.4 is 10.5 Å². The minimum atomic E-state index is 0.0968. The van der Waals surface area contributed by atoms with Crippen LogP contribution in [0.25, 0.3) is 11.2 Å². The summed E-state index contributed by atoms with van der Waals surface area (Å²) in [5.74, 6) is 0.649. The average molecular weight is 263 g/mol. The van der Waals surface area contributed by atoms with E-state index in [1.165, 1.54) is 0 Å². The lowest BCUT2D eigenvalue weighted by Gasteiger charge is -2.28. The Labute approximate surface area is 110 Å². The minimum absolute atomic E-state index is 0.0968. The van der Waals surface area contributed by atoms with Gasteiger partial charge in [0.2, 0.25) is 11.8 Å². The minimum Gasteiger partial charge on any atom is -0.473 e. The molecule has 0 spiro atoms. The third-order valence-corrected chi connectivity index (χ3v) is 3.46. The van der Waals surface area contributed by atoms with Gasteiger partial charge in [-0.25, -0.2) is 4.98 Å². The molecule has 0 aromatic carbocycles. The predicted molar refractivity (Wildman–Crippen MR) is 69.8 cm³/mol.